The summed E-state index contributed by atoms with van der Waals surface area (Å²) in [6, 6.07) is 1.83. The van der Waals surface area contributed by atoms with E-state index in [4.69, 9.17) is 5.21 Å². The summed E-state index contributed by atoms with van der Waals surface area (Å²) in [6.45, 7) is 6.34. The first-order valence-corrected chi connectivity index (χ1v) is 8.95. The van der Waals surface area contributed by atoms with E-state index in [9.17, 15) is 9.59 Å². The highest BCUT2D eigenvalue weighted by Crippen LogP contribution is 2.46. The van der Waals surface area contributed by atoms with Gasteiger partial charge in [-0.15, -0.1) is 0 Å². The Bertz CT molecular complexity index is 696. The lowest BCUT2D eigenvalue weighted by Crippen LogP contribution is -2.59. The number of amides is 2. The SMILES string of the molecule is CC(=O)N1CC2CC(C1)C2CN1CCc2cc(C(=O)NO)cnc2C1. The maximum atomic E-state index is 11.6. The third-order valence-electron chi connectivity index (χ3n) is 6.13. The number of carbonyl (C=O) groups excluding carboxylic acids is 2. The van der Waals surface area contributed by atoms with Gasteiger partial charge in [0.2, 0.25) is 5.91 Å². The van der Waals surface area contributed by atoms with Crippen LogP contribution in [0, 0.1) is 17.8 Å². The van der Waals surface area contributed by atoms with Gasteiger partial charge in [0.05, 0.1) is 11.3 Å². The second-order valence-corrected chi connectivity index (χ2v) is 7.60. The van der Waals surface area contributed by atoms with E-state index < -0.39 is 5.91 Å². The van der Waals surface area contributed by atoms with Crippen LogP contribution in [0.15, 0.2) is 12.3 Å². The number of rotatable bonds is 3. The highest BCUT2D eigenvalue weighted by Gasteiger charge is 2.47. The Balaban J connectivity index is 1.38. The quantitative estimate of drug-likeness (QED) is 0.622. The minimum atomic E-state index is -0.518. The average Bonchev–Trinajstić information content (AvgIpc) is 2.64. The van der Waals surface area contributed by atoms with Crippen LogP contribution < -0.4 is 5.48 Å². The van der Waals surface area contributed by atoms with Crippen LogP contribution in [0.2, 0.25) is 0 Å². The highest BCUT2D eigenvalue weighted by atomic mass is 16.5. The molecule has 0 aromatic carbocycles. The summed E-state index contributed by atoms with van der Waals surface area (Å²) in [5.74, 6) is 1.67. The number of hydrogen-bond acceptors (Lipinski definition) is 5. The standard InChI is InChI=1S/C18H24N4O3/c1-11(23)22-7-14-5-15(8-22)16(14)9-21-3-2-12-4-13(18(24)20-25)6-19-17(12)10-21/h4,6,14-16,25H,2-3,5,7-10H2,1H3,(H,20,24). The molecular weight excluding hydrogens is 320 g/mol. The predicted octanol–water partition coefficient (Wildman–Crippen LogP) is 0.673. The molecule has 2 atom stereocenters. The van der Waals surface area contributed by atoms with Gasteiger partial charge in [-0.25, -0.2) is 5.48 Å². The largest absolute Gasteiger partial charge is 0.342 e. The number of hydrogen-bond donors (Lipinski definition) is 2. The van der Waals surface area contributed by atoms with Crippen molar-refractivity contribution in [3.63, 3.8) is 0 Å². The first kappa shape index (κ1) is 16.5. The molecule has 134 valence electrons. The number of aromatic nitrogens is 1. The number of fused-ring (bicyclic) bond motifs is 3. The summed E-state index contributed by atoms with van der Waals surface area (Å²) < 4.78 is 0. The van der Waals surface area contributed by atoms with E-state index in [0.29, 0.717) is 23.3 Å². The van der Waals surface area contributed by atoms with E-state index in [2.05, 4.69) is 9.88 Å². The van der Waals surface area contributed by atoms with E-state index in [-0.39, 0.29) is 5.91 Å². The van der Waals surface area contributed by atoms with Crippen molar-refractivity contribution in [2.24, 2.45) is 17.8 Å². The van der Waals surface area contributed by atoms with Gasteiger partial charge in [0.25, 0.3) is 5.91 Å². The molecule has 7 heteroatoms. The van der Waals surface area contributed by atoms with Crippen LogP contribution in [0.4, 0.5) is 0 Å². The summed E-state index contributed by atoms with van der Waals surface area (Å²) >= 11 is 0. The molecule has 7 nitrogen and oxygen atoms in total. The molecule has 1 saturated carbocycles. The normalized spacial score (nSPS) is 28.1. The zero-order valence-corrected chi connectivity index (χ0v) is 14.4. The maximum Gasteiger partial charge on any atom is 0.276 e. The van der Waals surface area contributed by atoms with Crippen molar-refractivity contribution in [2.45, 2.75) is 26.3 Å². The van der Waals surface area contributed by atoms with Crippen molar-refractivity contribution in [2.75, 3.05) is 26.2 Å². The molecule has 0 spiro atoms. The highest BCUT2D eigenvalue weighted by molar-refractivity contribution is 5.93. The molecule has 4 heterocycles. The molecule has 1 aliphatic carbocycles. The zero-order chi connectivity index (χ0) is 17.6. The van der Waals surface area contributed by atoms with Crippen LogP contribution >= 0.6 is 0 Å². The topological polar surface area (TPSA) is 85.8 Å². The summed E-state index contributed by atoms with van der Waals surface area (Å²) in [4.78, 5) is 31.9. The first-order valence-electron chi connectivity index (χ1n) is 8.95. The van der Waals surface area contributed by atoms with Crippen molar-refractivity contribution in [1.29, 1.82) is 0 Å². The second-order valence-electron chi connectivity index (χ2n) is 7.60. The number of carbonyl (C=O) groups is 2. The minimum Gasteiger partial charge on any atom is -0.342 e. The van der Waals surface area contributed by atoms with Crippen LogP contribution in [0.5, 0.6) is 0 Å². The first-order chi connectivity index (χ1) is 12.0. The van der Waals surface area contributed by atoms with E-state index in [1.54, 1.807) is 12.4 Å². The van der Waals surface area contributed by atoms with Gasteiger partial charge in [0, 0.05) is 45.8 Å². The predicted molar refractivity (Wildman–Crippen MR) is 89.8 cm³/mol. The molecule has 1 aromatic heterocycles. The lowest BCUT2D eigenvalue weighted by molar-refractivity contribution is -0.140. The van der Waals surface area contributed by atoms with Gasteiger partial charge in [-0.3, -0.25) is 24.7 Å². The number of nitrogens with one attached hydrogen (secondary N) is 1. The Morgan fingerprint density at radius 1 is 1.36 bits per heavy atom. The number of nitrogens with zero attached hydrogens (tertiary/aromatic N) is 3. The van der Waals surface area contributed by atoms with Gasteiger partial charge < -0.3 is 4.90 Å². The minimum absolute atomic E-state index is 0.201. The van der Waals surface area contributed by atoms with Crippen LogP contribution in [-0.2, 0) is 17.8 Å². The summed E-state index contributed by atoms with van der Waals surface area (Å²) in [5, 5.41) is 8.74. The summed E-state index contributed by atoms with van der Waals surface area (Å²) in [5.41, 5.74) is 4.17. The second kappa shape index (κ2) is 6.38. The van der Waals surface area contributed by atoms with E-state index in [1.165, 1.54) is 12.6 Å². The van der Waals surface area contributed by atoms with E-state index >= 15 is 0 Å². The molecule has 3 fully saturated rings. The molecule has 4 aliphatic rings. The monoisotopic (exact) mass is 344 g/mol. The van der Waals surface area contributed by atoms with Gasteiger partial charge >= 0.3 is 0 Å². The maximum absolute atomic E-state index is 11.6. The van der Waals surface area contributed by atoms with Gasteiger partial charge in [-0.05, 0) is 42.2 Å². The molecule has 2 N–H and O–H groups in total. The van der Waals surface area contributed by atoms with Crippen molar-refractivity contribution in [1.82, 2.24) is 20.3 Å². The Morgan fingerprint density at radius 2 is 2.12 bits per heavy atom. The lowest BCUT2D eigenvalue weighted by atomic mass is 9.61. The fourth-order valence-corrected chi connectivity index (χ4v) is 4.65. The molecule has 1 aromatic rings. The molecule has 3 aliphatic heterocycles. The molecule has 5 rings (SSSR count). The number of pyridine rings is 1. The molecule has 2 amide bonds. The molecule has 2 unspecified atom stereocenters. The smallest absolute Gasteiger partial charge is 0.276 e. The zero-order valence-electron chi connectivity index (χ0n) is 14.4. The van der Waals surface area contributed by atoms with E-state index in [1.807, 2.05) is 11.0 Å². The van der Waals surface area contributed by atoms with Crippen molar-refractivity contribution in [3.8, 4) is 0 Å². The molecular formula is C18H24N4O3. The Hall–Kier alpha value is -1.99. The van der Waals surface area contributed by atoms with Crippen molar-refractivity contribution in [3.05, 3.63) is 29.1 Å². The third kappa shape index (κ3) is 3.02. The van der Waals surface area contributed by atoms with Crippen LogP contribution in [-0.4, -0.2) is 58.0 Å². The number of piperidine rings is 2. The Labute approximate surface area is 147 Å². The summed E-state index contributed by atoms with van der Waals surface area (Å²) in [7, 11) is 0. The van der Waals surface area contributed by atoms with Gasteiger partial charge in [0.1, 0.15) is 0 Å². The molecule has 0 radical (unpaired) electrons. The Kier molecular flexibility index (Phi) is 4.21. The molecule has 25 heavy (non-hydrogen) atoms. The van der Waals surface area contributed by atoms with Crippen LogP contribution in [0.3, 0.4) is 0 Å². The third-order valence-corrected chi connectivity index (χ3v) is 6.13. The Morgan fingerprint density at radius 3 is 2.80 bits per heavy atom. The van der Waals surface area contributed by atoms with Gasteiger partial charge in [-0.2, -0.15) is 0 Å². The van der Waals surface area contributed by atoms with Crippen molar-refractivity contribution >= 4 is 11.8 Å². The van der Waals surface area contributed by atoms with Crippen molar-refractivity contribution < 1.29 is 14.8 Å². The van der Waals surface area contributed by atoms with Gasteiger partial charge in [0.15, 0.2) is 0 Å². The van der Waals surface area contributed by atoms with Crippen LogP contribution in [0.25, 0.3) is 0 Å². The van der Waals surface area contributed by atoms with Gasteiger partial charge in [-0.1, -0.05) is 0 Å². The fourth-order valence-electron chi connectivity index (χ4n) is 4.65. The average molecular weight is 344 g/mol. The molecule has 2 saturated heterocycles. The fraction of sp³-hybridized carbons (Fsp3) is 0.611. The van der Waals surface area contributed by atoms with E-state index in [0.717, 1.165) is 50.4 Å². The summed E-state index contributed by atoms with van der Waals surface area (Å²) in [6.07, 6.45) is 3.66. The lowest BCUT2D eigenvalue weighted by Gasteiger charge is -2.55. The van der Waals surface area contributed by atoms with Crippen LogP contribution in [0.1, 0.15) is 35.0 Å². The number of hydroxylamine groups is 1. The molecule has 2 bridgehead atoms.